The van der Waals surface area contributed by atoms with Gasteiger partial charge in [0.15, 0.2) is 6.10 Å². The van der Waals surface area contributed by atoms with Gasteiger partial charge in [0.25, 0.3) is 16.1 Å². The molecule has 10 heteroatoms. The van der Waals surface area contributed by atoms with Crippen LogP contribution in [0, 0.1) is 0 Å². The zero-order valence-corrected chi connectivity index (χ0v) is 18.0. The van der Waals surface area contributed by atoms with Crippen molar-refractivity contribution in [2.45, 2.75) is 37.6 Å². The van der Waals surface area contributed by atoms with Crippen molar-refractivity contribution in [3.05, 3.63) is 54.1 Å². The highest BCUT2D eigenvalue weighted by atomic mass is 32.2. The lowest BCUT2D eigenvalue weighted by molar-refractivity contribution is -0.171. The highest BCUT2D eigenvalue weighted by Gasteiger charge is 2.48. The van der Waals surface area contributed by atoms with Gasteiger partial charge < -0.3 is 14.6 Å². The Labute approximate surface area is 176 Å². The van der Waals surface area contributed by atoms with E-state index in [-0.39, 0.29) is 5.91 Å². The highest BCUT2D eigenvalue weighted by molar-refractivity contribution is 7.86. The normalized spacial score (nSPS) is 21.5. The van der Waals surface area contributed by atoms with Gasteiger partial charge in [0, 0.05) is 46.1 Å². The number of hydrogen-bond donors (Lipinski definition) is 1. The maximum absolute atomic E-state index is 12.9. The van der Waals surface area contributed by atoms with E-state index >= 15 is 0 Å². The zero-order chi connectivity index (χ0) is 21.4. The Hall–Kier alpha value is -2.27. The van der Waals surface area contributed by atoms with E-state index in [2.05, 4.69) is 10.3 Å². The number of fused-ring (bicyclic) bond motifs is 2. The van der Waals surface area contributed by atoms with Crippen molar-refractivity contribution in [2.24, 2.45) is 0 Å². The zero-order valence-electron chi connectivity index (χ0n) is 17.2. The smallest absolute Gasteiger partial charge is 0.281 e. The van der Waals surface area contributed by atoms with Gasteiger partial charge in [-0.25, -0.2) is 4.98 Å². The standard InChI is InChI=1S/C20H27N5O4S/c1-23(2)30(27,28)25-11-8-20(9-12-25)19-21-10-13-24(19)15-17(29-20)18(26)22-14-16-6-4-3-5-7-16/h3-7,10,13,17H,8-9,11-12,14-15H2,1-2H3,(H,22,26). The second-order valence-corrected chi connectivity index (χ2v) is 10.0. The molecule has 0 saturated carbocycles. The largest absolute Gasteiger partial charge is 0.352 e. The molecule has 0 bridgehead atoms. The Bertz CT molecular complexity index is 997. The lowest BCUT2D eigenvalue weighted by Crippen LogP contribution is -2.55. The van der Waals surface area contributed by atoms with Crippen LogP contribution in [0.2, 0.25) is 0 Å². The van der Waals surface area contributed by atoms with Crippen molar-refractivity contribution < 1.29 is 17.9 Å². The van der Waals surface area contributed by atoms with Gasteiger partial charge in [-0.2, -0.15) is 17.0 Å². The van der Waals surface area contributed by atoms with Crippen LogP contribution in [0.1, 0.15) is 24.2 Å². The molecule has 1 atom stereocenters. The molecule has 1 fully saturated rings. The fraction of sp³-hybridized carbons (Fsp3) is 0.500. The Morgan fingerprint density at radius 1 is 1.27 bits per heavy atom. The summed E-state index contributed by atoms with van der Waals surface area (Å²) in [6.07, 6.45) is 3.78. The molecule has 30 heavy (non-hydrogen) atoms. The van der Waals surface area contributed by atoms with Gasteiger partial charge in [0.1, 0.15) is 11.4 Å². The minimum Gasteiger partial charge on any atom is -0.352 e. The van der Waals surface area contributed by atoms with Gasteiger partial charge in [-0.3, -0.25) is 4.79 Å². The van der Waals surface area contributed by atoms with Crippen LogP contribution in [0.25, 0.3) is 0 Å². The number of nitrogens with zero attached hydrogens (tertiary/aromatic N) is 4. The molecule has 1 aromatic carbocycles. The number of carbonyl (C=O) groups is 1. The second kappa shape index (κ2) is 8.10. The van der Waals surface area contributed by atoms with Crippen LogP contribution in [-0.4, -0.2) is 65.8 Å². The van der Waals surface area contributed by atoms with Crippen LogP contribution in [-0.2, 0) is 38.4 Å². The number of piperidine rings is 1. The molecule has 3 heterocycles. The van der Waals surface area contributed by atoms with Crippen molar-refractivity contribution in [1.29, 1.82) is 0 Å². The maximum Gasteiger partial charge on any atom is 0.281 e. The van der Waals surface area contributed by atoms with Crippen molar-refractivity contribution in [1.82, 2.24) is 23.5 Å². The molecule has 1 spiro atoms. The van der Waals surface area contributed by atoms with Crippen molar-refractivity contribution >= 4 is 16.1 Å². The quantitative estimate of drug-likeness (QED) is 0.749. The van der Waals surface area contributed by atoms with E-state index in [0.29, 0.717) is 39.0 Å². The van der Waals surface area contributed by atoms with Crippen molar-refractivity contribution in [3.8, 4) is 0 Å². The minimum absolute atomic E-state index is 0.180. The SMILES string of the molecule is CN(C)S(=O)(=O)N1CCC2(CC1)OC(C(=O)NCc1ccccc1)Cn1ccnc12. The van der Waals surface area contributed by atoms with Gasteiger partial charge >= 0.3 is 0 Å². The Morgan fingerprint density at radius 2 is 1.97 bits per heavy atom. The van der Waals surface area contributed by atoms with E-state index in [9.17, 15) is 13.2 Å². The molecule has 1 saturated heterocycles. The third-order valence-electron chi connectivity index (χ3n) is 5.77. The molecule has 162 valence electrons. The van der Waals surface area contributed by atoms with E-state index in [1.165, 1.54) is 22.7 Å². The third kappa shape index (κ3) is 3.87. The summed E-state index contributed by atoms with van der Waals surface area (Å²) < 4.78 is 35.9. The third-order valence-corrected chi connectivity index (χ3v) is 7.71. The first-order chi connectivity index (χ1) is 14.3. The fourth-order valence-electron chi connectivity index (χ4n) is 4.08. The average molecular weight is 434 g/mol. The number of hydrogen-bond acceptors (Lipinski definition) is 5. The first-order valence-electron chi connectivity index (χ1n) is 10.0. The Morgan fingerprint density at radius 3 is 2.63 bits per heavy atom. The van der Waals surface area contributed by atoms with Gasteiger partial charge in [-0.1, -0.05) is 30.3 Å². The average Bonchev–Trinajstić information content (AvgIpc) is 3.23. The predicted octanol–water partition coefficient (Wildman–Crippen LogP) is 0.696. The van der Waals surface area contributed by atoms with Crippen molar-refractivity contribution in [2.75, 3.05) is 27.2 Å². The summed E-state index contributed by atoms with van der Waals surface area (Å²) in [6.45, 7) is 1.44. The highest BCUT2D eigenvalue weighted by Crippen LogP contribution is 2.40. The number of imidazole rings is 1. The summed E-state index contributed by atoms with van der Waals surface area (Å²) in [5.74, 6) is 0.581. The number of amides is 1. The van der Waals surface area contributed by atoms with E-state index in [1.807, 2.05) is 41.1 Å². The fourth-order valence-corrected chi connectivity index (χ4v) is 5.19. The molecular formula is C20H27N5O4S. The Kier molecular flexibility index (Phi) is 5.67. The minimum atomic E-state index is -3.48. The Balaban J connectivity index is 1.49. The summed E-state index contributed by atoms with van der Waals surface area (Å²) in [4.78, 5) is 17.3. The molecule has 0 aliphatic carbocycles. The van der Waals surface area contributed by atoms with Crippen LogP contribution in [0.15, 0.2) is 42.7 Å². The first kappa shape index (κ1) is 21.0. The molecule has 1 N–H and O–H groups in total. The summed E-state index contributed by atoms with van der Waals surface area (Å²) in [7, 11) is -0.435. The number of rotatable bonds is 5. The molecule has 9 nitrogen and oxygen atoms in total. The predicted molar refractivity (Wildman–Crippen MR) is 110 cm³/mol. The van der Waals surface area contributed by atoms with Gasteiger partial charge in [-0.05, 0) is 18.4 Å². The van der Waals surface area contributed by atoms with Crippen LogP contribution in [0.3, 0.4) is 0 Å². The summed E-state index contributed by atoms with van der Waals surface area (Å²) in [5.41, 5.74) is 0.247. The molecule has 2 aliphatic heterocycles. The van der Waals surface area contributed by atoms with Crippen LogP contribution in [0.4, 0.5) is 0 Å². The molecule has 0 radical (unpaired) electrons. The molecule has 1 amide bonds. The van der Waals surface area contributed by atoms with E-state index in [1.54, 1.807) is 6.20 Å². The topological polar surface area (TPSA) is 96.8 Å². The van der Waals surface area contributed by atoms with Gasteiger partial charge in [-0.15, -0.1) is 0 Å². The maximum atomic E-state index is 12.9. The molecule has 4 rings (SSSR count). The van der Waals surface area contributed by atoms with Gasteiger partial charge in [0.05, 0.1) is 6.54 Å². The lowest BCUT2D eigenvalue weighted by Gasteiger charge is -2.45. The van der Waals surface area contributed by atoms with Crippen LogP contribution >= 0.6 is 0 Å². The number of ether oxygens (including phenoxy) is 1. The lowest BCUT2D eigenvalue weighted by atomic mass is 9.89. The summed E-state index contributed by atoms with van der Waals surface area (Å²) in [5, 5.41) is 2.95. The van der Waals surface area contributed by atoms with Crippen molar-refractivity contribution in [3.63, 3.8) is 0 Å². The molecule has 1 aromatic heterocycles. The number of benzene rings is 1. The van der Waals surface area contributed by atoms with Gasteiger partial charge in [0.2, 0.25) is 0 Å². The molecule has 1 unspecified atom stereocenters. The summed E-state index contributed by atoms with van der Waals surface area (Å²) in [6, 6.07) is 9.71. The van der Waals surface area contributed by atoms with E-state index in [4.69, 9.17) is 4.74 Å². The van der Waals surface area contributed by atoms with Crippen LogP contribution in [0.5, 0.6) is 0 Å². The monoisotopic (exact) mass is 433 g/mol. The van der Waals surface area contributed by atoms with E-state index in [0.717, 1.165) is 11.4 Å². The molecular weight excluding hydrogens is 406 g/mol. The number of aromatic nitrogens is 2. The first-order valence-corrected chi connectivity index (χ1v) is 11.4. The number of carbonyl (C=O) groups excluding carboxylic acids is 1. The summed E-state index contributed by atoms with van der Waals surface area (Å²) >= 11 is 0. The van der Waals surface area contributed by atoms with Crippen LogP contribution < -0.4 is 5.32 Å². The second-order valence-electron chi connectivity index (χ2n) is 7.90. The van der Waals surface area contributed by atoms with E-state index < -0.39 is 21.9 Å². The number of nitrogens with one attached hydrogen (secondary N) is 1. The molecule has 2 aromatic rings. The molecule has 2 aliphatic rings.